The number of rotatable bonds is 12. The number of fused-ring (bicyclic) bond motifs is 1. The molecule has 48 heavy (non-hydrogen) atoms. The Labute approximate surface area is 273 Å². The Balaban J connectivity index is 0.000000248. The van der Waals surface area contributed by atoms with Gasteiger partial charge in [-0.25, -0.2) is 42.3 Å². The Kier molecular flexibility index (Phi) is 11.1. The van der Waals surface area contributed by atoms with Gasteiger partial charge in [-0.2, -0.15) is 5.10 Å². The summed E-state index contributed by atoms with van der Waals surface area (Å²) in [7, 11) is 1.15. The number of hydrogen-bond acceptors (Lipinski definition) is 10. The summed E-state index contributed by atoms with van der Waals surface area (Å²) >= 11 is 0. The van der Waals surface area contributed by atoms with Crippen molar-refractivity contribution >= 4 is 18.0 Å². The van der Waals surface area contributed by atoms with Gasteiger partial charge in [-0.05, 0) is 24.1 Å². The lowest BCUT2D eigenvalue weighted by atomic mass is 10.1. The van der Waals surface area contributed by atoms with E-state index in [0.717, 1.165) is 43.6 Å². The van der Waals surface area contributed by atoms with Crippen LogP contribution in [0.15, 0.2) is 55.9 Å². The summed E-state index contributed by atoms with van der Waals surface area (Å²) in [6.07, 6.45) is 7.40. The first-order chi connectivity index (χ1) is 22.7. The molecule has 0 fully saturated rings. The number of aromatic nitrogens is 6. The summed E-state index contributed by atoms with van der Waals surface area (Å²) in [5.41, 5.74) is 3.68. The topological polar surface area (TPSA) is 134 Å². The molecule has 0 bridgehead atoms. The van der Waals surface area contributed by atoms with E-state index in [1.165, 1.54) is 12.4 Å². The van der Waals surface area contributed by atoms with Gasteiger partial charge >= 0.3 is 5.97 Å². The van der Waals surface area contributed by atoms with Gasteiger partial charge in [0.25, 0.3) is 17.8 Å². The number of methoxy groups -OCH3 is 1. The molecule has 0 atom stereocenters. The van der Waals surface area contributed by atoms with E-state index < -0.39 is 31.0 Å². The number of halogens is 4. The molecular formula is C32H33F4N7O5. The van der Waals surface area contributed by atoms with Gasteiger partial charge in [-0.3, -0.25) is 9.48 Å². The Hall–Kier alpha value is -5.41. The molecule has 0 radical (unpaired) electrons. The zero-order chi connectivity index (χ0) is 35.1. The predicted octanol–water partition coefficient (Wildman–Crippen LogP) is 5.49. The van der Waals surface area contributed by atoms with Crippen LogP contribution in [0.1, 0.15) is 58.4 Å². The molecule has 0 N–H and O–H groups in total. The molecule has 254 valence electrons. The molecule has 1 aliphatic heterocycles. The summed E-state index contributed by atoms with van der Waals surface area (Å²) in [6, 6.07) is 7.88. The van der Waals surface area contributed by atoms with Crippen molar-refractivity contribution in [1.82, 2.24) is 34.6 Å². The molecule has 0 spiro atoms. The van der Waals surface area contributed by atoms with E-state index in [9.17, 15) is 27.2 Å². The molecule has 0 unspecified atom stereocenters. The van der Waals surface area contributed by atoms with Crippen molar-refractivity contribution < 1.29 is 41.4 Å². The minimum Gasteiger partial charge on any atom is -0.471 e. The highest BCUT2D eigenvalue weighted by Crippen LogP contribution is 2.30. The Morgan fingerprint density at radius 2 is 1.58 bits per heavy atom. The molecule has 0 saturated heterocycles. The quantitative estimate of drug-likeness (QED) is 0.141. The van der Waals surface area contributed by atoms with Gasteiger partial charge in [0.1, 0.15) is 23.8 Å². The third kappa shape index (κ3) is 9.11. The van der Waals surface area contributed by atoms with E-state index in [2.05, 4.69) is 36.4 Å². The van der Waals surface area contributed by atoms with Crippen LogP contribution in [0.3, 0.4) is 0 Å². The maximum Gasteiger partial charge on any atom is 0.345 e. The summed E-state index contributed by atoms with van der Waals surface area (Å²) in [5, 5.41) is 4.28. The van der Waals surface area contributed by atoms with Crippen molar-refractivity contribution in [3.8, 4) is 22.9 Å². The number of hydrogen-bond donors (Lipinski definition) is 0. The van der Waals surface area contributed by atoms with Gasteiger partial charge in [-0.1, -0.05) is 30.8 Å². The molecule has 1 aromatic carbocycles. The van der Waals surface area contributed by atoms with Crippen LogP contribution in [0, 0.1) is 0 Å². The predicted molar refractivity (Wildman–Crippen MR) is 165 cm³/mol. The SMILES string of the molecule is C=Cc1ncnc(OCC(C)(F)F)c1C(=O)OC.CCn1cc(-c2ccc(CN3Cc4ncnc(OCC(C)(F)F)c4C3=O)cc2)cn1. The minimum atomic E-state index is -3.04. The van der Waals surface area contributed by atoms with Crippen molar-refractivity contribution in [2.24, 2.45) is 0 Å². The monoisotopic (exact) mass is 671 g/mol. The molecule has 16 heteroatoms. The molecule has 4 aromatic rings. The maximum atomic E-state index is 13.1. The van der Waals surface area contributed by atoms with Crippen LogP contribution in [0.2, 0.25) is 0 Å². The van der Waals surface area contributed by atoms with E-state index >= 15 is 0 Å². The van der Waals surface area contributed by atoms with Crippen LogP contribution in [0.5, 0.6) is 11.8 Å². The second-order valence-corrected chi connectivity index (χ2v) is 10.8. The third-order valence-corrected chi connectivity index (χ3v) is 6.70. The fourth-order valence-electron chi connectivity index (χ4n) is 4.43. The molecule has 3 aromatic heterocycles. The number of carbonyl (C=O) groups excluding carboxylic acids is 2. The average molecular weight is 672 g/mol. The highest BCUT2D eigenvalue weighted by molar-refractivity contribution is 5.99. The molecule has 1 aliphatic rings. The van der Waals surface area contributed by atoms with E-state index in [0.29, 0.717) is 19.2 Å². The van der Waals surface area contributed by atoms with Crippen molar-refractivity contribution in [2.75, 3.05) is 20.3 Å². The minimum absolute atomic E-state index is 0.0997. The van der Waals surface area contributed by atoms with Crippen molar-refractivity contribution in [3.63, 3.8) is 0 Å². The van der Waals surface area contributed by atoms with E-state index in [1.807, 2.05) is 48.3 Å². The number of amides is 1. The lowest BCUT2D eigenvalue weighted by molar-refractivity contribution is -0.0250. The number of ether oxygens (including phenoxy) is 3. The first-order valence-corrected chi connectivity index (χ1v) is 14.5. The zero-order valence-corrected chi connectivity index (χ0v) is 26.6. The lowest BCUT2D eigenvalue weighted by Crippen LogP contribution is -2.25. The smallest absolute Gasteiger partial charge is 0.345 e. The van der Waals surface area contributed by atoms with Gasteiger partial charge < -0.3 is 19.1 Å². The number of aryl methyl sites for hydroxylation is 1. The van der Waals surface area contributed by atoms with Crippen LogP contribution >= 0.6 is 0 Å². The number of carbonyl (C=O) groups is 2. The van der Waals surface area contributed by atoms with Crippen LogP contribution in [0.25, 0.3) is 17.2 Å². The fraction of sp³-hybridized carbons (Fsp3) is 0.344. The lowest BCUT2D eigenvalue weighted by Gasteiger charge is -2.16. The Bertz CT molecular complexity index is 1750. The normalized spacial score (nSPS) is 12.6. The van der Waals surface area contributed by atoms with Gasteiger partial charge in [0.15, 0.2) is 13.2 Å². The standard InChI is InChI=1S/C21H21F2N5O2.C11H12F2N2O3/c1-3-28-10-16(8-26-28)15-6-4-14(5-7-15)9-27-11-17-18(20(27)29)19(25-13-24-17)30-12-21(2,22)23;1-4-7-8(10(16)17-3)9(15-6-14-7)18-5-11(2,12)13/h4-8,10,13H,3,9,11-12H2,1-2H3;4,6H,1,5H2,2-3H3. The molecule has 0 aliphatic carbocycles. The summed E-state index contributed by atoms with van der Waals surface area (Å²) in [5.74, 6) is -7.51. The number of esters is 1. The molecule has 12 nitrogen and oxygen atoms in total. The zero-order valence-electron chi connectivity index (χ0n) is 26.6. The highest BCUT2D eigenvalue weighted by Gasteiger charge is 2.34. The first kappa shape index (κ1) is 35.4. The van der Waals surface area contributed by atoms with Crippen LogP contribution in [0.4, 0.5) is 17.6 Å². The van der Waals surface area contributed by atoms with Crippen molar-refractivity contribution in [1.29, 1.82) is 0 Å². The summed E-state index contributed by atoms with van der Waals surface area (Å²) < 4.78 is 68.0. The largest absolute Gasteiger partial charge is 0.471 e. The average Bonchev–Trinajstić information content (AvgIpc) is 3.67. The second-order valence-electron chi connectivity index (χ2n) is 10.8. The molecule has 5 rings (SSSR count). The van der Waals surface area contributed by atoms with E-state index in [4.69, 9.17) is 9.47 Å². The van der Waals surface area contributed by atoms with Gasteiger partial charge in [0.2, 0.25) is 11.8 Å². The number of benzene rings is 1. The van der Waals surface area contributed by atoms with Crippen LogP contribution < -0.4 is 9.47 Å². The van der Waals surface area contributed by atoms with E-state index in [1.54, 1.807) is 4.90 Å². The Morgan fingerprint density at radius 3 is 2.17 bits per heavy atom. The van der Waals surface area contributed by atoms with Gasteiger partial charge in [0.05, 0.1) is 31.2 Å². The van der Waals surface area contributed by atoms with Crippen LogP contribution in [-0.4, -0.2) is 78.7 Å². The fourth-order valence-corrected chi connectivity index (χ4v) is 4.43. The van der Waals surface area contributed by atoms with Gasteiger partial charge in [-0.15, -0.1) is 0 Å². The molecule has 4 heterocycles. The summed E-state index contributed by atoms with van der Waals surface area (Å²) in [4.78, 5) is 41.4. The van der Waals surface area contributed by atoms with Crippen LogP contribution in [-0.2, 0) is 24.4 Å². The Morgan fingerprint density at radius 1 is 0.958 bits per heavy atom. The van der Waals surface area contributed by atoms with Crippen molar-refractivity contribution in [2.45, 2.75) is 52.3 Å². The van der Waals surface area contributed by atoms with Gasteiger partial charge in [0, 0.05) is 38.7 Å². The first-order valence-electron chi connectivity index (χ1n) is 14.5. The second kappa shape index (κ2) is 15.0. The number of nitrogens with zero attached hydrogens (tertiary/aromatic N) is 7. The third-order valence-electron chi connectivity index (χ3n) is 6.70. The van der Waals surface area contributed by atoms with E-state index in [-0.39, 0.29) is 41.0 Å². The maximum absolute atomic E-state index is 13.1. The molecule has 0 saturated carbocycles. The molecular weight excluding hydrogens is 638 g/mol. The summed E-state index contributed by atoms with van der Waals surface area (Å²) in [6.45, 7) is 6.63. The highest BCUT2D eigenvalue weighted by atomic mass is 19.3. The number of alkyl halides is 4. The van der Waals surface area contributed by atoms with Crippen molar-refractivity contribution in [3.05, 3.63) is 84.0 Å². The molecule has 1 amide bonds.